The second-order valence-corrected chi connectivity index (χ2v) is 4.76. The minimum Gasteiger partial charge on any atom is -0.349 e. The Labute approximate surface area is 101 Å². The summed E-state index contributed by atoms with van der Waals surface area (Å²) in [6.45, 7) is 0. The first-order chi connectivity index (χ1) is 7.75. The number of benzene rings is 1. The number of hydrogen-bond donors (Lipinski definition) is 1. The molecular weight excluding hydrogens is 222 g/mol. The lowest BCUT2D eigenvalue weighted by Gasteiger charge is -2.22. The van der Waals surface area contributed by atoms with Crippen molar-refractivity contribution in [3.63, 3.8) is 0 Å². The van der Waals surface area contributed by atoms with Gasteiger partial charge in [0.1, 0.15) is 0 Å². The van der Waals surface area contributed by atoms with Gasteiger partial charge in [0.25, 0.3) is 5.91 Å². The van der Waals surface area contributed by atoms with Gasteiger partial charge in [-0.05, 0) is 31.0 Å². The van der Waals surface area contributed by atoms with Gasteiger partial charge < -0.3 is 5.32 Å². The van der Waals surface area contributed by atoms with Crippen LogP contribution in [0.1, 0.15) is 42.5 Å². The molecule has 86 valence electrons. The molecule has 1 aromatic rings. The molecule has 0 atom stereocenters. The minimum atomic E-state index is -0.00519. The number of rotatable bonds is 2. The van der Waals surface area contributed by atoms with Crippen LogP contribution >= 0.6 is 11.6 Å². The lowest BCUT2D eigenvalue weighted by Crippen LogP contribution is -2.36. The maximum absolute atomic E-state index is 11.9. The average molecular weight is 238 g/mol. The van der Waals surface area contributed by atoms with Crippen molar-refractivity contribution in [2.24, 2.45) is 0 Å². The Hall–Kier alpha value is -1.02. The first kappa shape index (κ1) is 11.5. The Bertz CT molecular complexity index is 372. The van der Waals surface area contributed by atoms with E-state index in [-0.39, 0.29) is 5.91 Å². The molecule has 1 aromatic carbocycles. The third kappa shape index (κ3) is 2.99. The van der Waals surface area contributed by atoms with Crippen LogP contribution in [0, 0.1) is 0 Å². The molecule has 1 aliphatic rings. The molecule has 1 saturated carbocycles. The molecule has 1 amide bonds. The van der Waals surface area contributed by atoms with Crippen LogP contribution in [0.5, 0.6) is 0 Å². The van der Waals surface area contributed by atoms with Crippen molar-refractivity contribution >= 4 is 17.5 Å². The molecule has 0 saturated heterocycles. The summed E-state index contributed by atoms with van der Waals surface area (Å²) >= 11 is 5.85. The van der Waals surface area contributed by atoms with E-state index in [4.69, 9.17) is 11.6 Å². The summed E-state index contributed by atoms with van der Waals surface area (Å²) in [5.74, 6) is -0.00519. The van der Waals surface area contributed by atoms with Gasteiger partial charge in [0.05, 0.1) is 0 Å². The normalized spacial score (nSPS) is 17.1. The van der Waals surface area contributed by atoms with E-state index in [0.29, 0.717) is 16.6 Å². The fourth-order valence-electron chi connectivity index (χ4n) is 2.15. The number of nitrogens with one attached hydrogen (secondary N) is 1. The first-order valence-electron chi connectivity index (χ1n) is 5.82. The summed E-state index contributed by atoms with van der Waals surface area (Å²) in [6, 6.07) is 7.43. The lowest BCUT2D eigenvalue weighted by atomic mass is 9.95. The second kappa shape index (κ2) is 5.35. The van der Waals surface area contributed by atoms with Crippen LogP contribution in [0.4, 0.5) is 0 Å². The number of halogens is 1. The van der Waals surface area contributed by atoms with Crippen molar-refractivity contribution in [1.82, 2.24) is 5.32 Å². The standard InChI is InChI=1S/C13H16ClNO/c14-11-6-4-5-10(9-11)13(16)15-12-7-2-1-3-8-12/h4-6,9,12H,1-3,7-8H2,(H,15,16). The van der Waals surface area contributed by atoms with Crippen LogP contribution in [-0.4, -0.2) is 11.9 Å². The van der Waals surface area contributed by atoms with Crippen molar-refractivity contribution in [3.05, 3.63) is 34.9 Å². The summed E-state index contributed by atoms with van der Waals surface area (Å²) in [7, 11) is 0. The van der Waals surface area contributed by atoms with Crippen molar-refractivity contribution in [2.75, 3.05) is 0 Å². The molecule has 0 bridgehead atoms. The SMILES string of the molecule is O=C(NC1CCCCC1)c1cccc(Cl)c1. The Kier molecular flexibility index (Phi) is 3.83. The molecule has 0 spiro atoms. The molecule has 1 aliphatic carbocycles. The summed E-state index contributed by atoms with van der Waals surface area (Å²) < 4.78 is 0. The molecule has 0 aliphatic heterocycles. The topological polar surface area (TPSA) is 29.1 Å². The molecule has 3 heteroatoms. The van der Waals surface area contributed by atoms with E-state index in [1.54, 1.807) is 24.3 Å². The second-order valence-electron chi connectivity index (χ2n) is 4.32. The van der Waals surface area contributed by atoms with Gasteiger partial charge in [-0.1, -0.05) is 36.9 Å². The van der Waals surface area contributed by atoms with Crippen LogP contribution in [0.25, 0.3) is 0 Å². The van der Waals surface area contributed by atoms with E-state index in [1.165, 1.54) is 19.3 Å². The van der Waals surface area contributed by atoms with Crippen molar-refractivity contribution < 1.29 is 4.79 Å². The Morgan fingerprint density at radius 3 is 2.69 bits per heavy atom. The van der Waals surface area contributed by atoms with Gasteiger partial charge in [0, 0.05) is 16.6 Å². The highest BCUT2D eigenvalue weighted by atomic mass is 35.5. The molecule has 2 rings (SSSR count). The summed E-state index contributed by atoms with van der Waals surface area (Å²) in [5.41, 5.74) is 0.651. The highest BCUT2D eigenvalue weighted by molar-refractivity contribution is 6.30. The maximum Gasteiger partial charge on any atom is 0.251 e. The fraction of sp³-hybridized carbons (Fsp3) is 0.462. The van der Waals surface area contributed by atoms with Gasteiger partial charge in [0.15, 0.2) is 0 Å². The molecule has 0 unspecified atom stereocenters. The van der Waals surface area contributed by atoms with Gasteiger partial charge in [0.2, 0.25) is 0 Å². The molecule has 0 radical (unpaired) electrons. The zero-order valence-corrected chi connectivity index (χ0v) is 9.96. The van der Waals surface area contributed by atoms with Crippen molar-refractivity contribution in [3.8, 4) is 0 Å². The quantitative estimate of drug-likeness (QED) is 0.839. The van der Waals surface area contributed by atoms with Crippen LogP contribution in [-0.2, 0) is 0 Å². The average Bonchev–Trinajstić information content (AvgIpc) is 2.30. The third-order valence-corrected chi connectivity index (χ3v) is 3.26. The molecule has 16 heavy (non-hydrogen) atoms. The van der Waals surface area contributed by atoms with Gasteiger partial charge in [-0.2, -0.15) is 0 Å². The third-order valence-electron chi connectivity index (χ3n) is 3.03. The highest BCUT2D eigenvalue weighted by Crippen LogP contribution is 2.18. The van der Waals surface area contributed by atoms with E-state index in [9.17, 15) is 4.79 Å². The minimum absolute atomic E-state index is 0.00519. The molecular formula is C13H16ClNO. The lowest BCUT2D eigenvalue weighted by molar-refractivity contribution is 0.0927. The highest BCUT2D eigenvalue weighted by Gasteiger charge is 2.16. The Morgan fingerprint density at radius 2 is 2.00 bits per heavy atom. The molecule has 1 N–H and O–H groups in total. The van der Waals surface area contributed by atoms with Crippen LogP contribution in [0.3, 0.4) is 0 Å². The van der Waals surface area contributed by atoms with Crippen molar-refractivity contribution in [2.45, 2.75) is 38.1 Å². The predicted octanol–water partition coefficient (Wildman–Crippen LogP) is 3.40. The number of amides is 1. The van der Waals surface area contributed by atoms with Crippen LogP contribution in [0.15, 0.2) is 24.3 Å². The van der Waals surface area contributed by atoms with Gasteiger partial charge >= 0.3 is 0 Å². The van der Waals surface area contributed by atoms with Gasteiger partial charge in [-0.15, -0.1) is 0 Å². The number of carbonyl (C=O) groups excluding carboxylic acids is 1. The van der Waals surface area contributed by atoms with Gasteiger partial charge in [-0.3, -0.25) is 4.79 Å². The molecule has 0 heterocycles. The van der Waals surface area contributed by atoms with E-state index in [0.717, 1.165) is 12.8 Å². The fourth-order valence-corrected chi connectivity index (χ4v) is 2.34. The smallest absolute Gasteiger partial charge is 0.251 e. The maximum atomic E-state index is 11.9. The van der Waals surface area contributed by atoms with E-state index in [1.807, 2.05) is 0 Å². The molecule has 1 fully saturated rings. The Morgan fingerprint density at radius 1 is 1.25 bits per heavy atom. The van der Waals surface area contributed by atoms with Crippen LogP contribution in [0.2, 0.25) is 5.02 Å². The van der Waals surface area contributed by atoms with Crippen molar-refractivity contribution in [1.29, 1.82) is 0 Å². The van der Waals surface area contributed by atoms with E-state index >= 15 is 0 Å². The van der Waals surface area contributed by atoms with Crippen LogP contribution < -0.4 is 5.32 Å². The first-order valence-corrected chi connectivity index (χ1v) is 6.20. The largest absolute Gasteiger partial charge is 0.349 e. The monoisotopic (exact) mass is 237 g/mol. The zero-order valence-electron chi connectivity index (χ0n) is 9.21. The van der Waals surface area contributed by atoms with E-state index < -0.39 is 0 Å². The van der Waals surface area contributed by atoms with Gasteiger partial charge in [-0.25, -0.2) is 0 Å². The Balaban J connectivity index is 1.97. The summed E-state index contributed by atoms with van der Waals surface area (Å²) in [4.78, 5) is 11.9. The summed E-state index contributed by atoms with van der Waals surface area (Å²) in [5, 5.41) is 3.67. The summed E-state index contributed by atoms with van der Waals surface area (Å²) in [6.07, 6.45) is 5.95. The number of hydrogen-bond acceptors (Lipinski definition) is 1. The molecule has 2 nitrogen and oxygen atoms in total. The van der Waals surface area contributed by atoms with E-state index in [2.05, 4.69) is 5.32 Å². The zero-order chi connectivity index (χ0) is 11.4. The predicted molar refractivity (Wildman–Crippen MR) is 65.8 cm³/mol. The molecule has 0 aromatic heterocycles. The number of carbonyl (C=O) groups is 1.